The number of methoxy groups -OCH3 is 1. The summed E-state index contributed by atoms with van der Waals surface area (Å²) in [5, 5.41) is 3.14. The fraction of sp³-hybridized carbons (Fsp3) is 0.412. The van der Waals surface area contributed by atoms with Gasteiger partial charge in [0.15, 0.2) is 0 Å². The second-order valence-corrected chi connectivity index (χ2v) is 13.2. The molecule has 1 aliphatic rings. The van der Waals surface area contributed by atoms with E-state index in [-0.39, 0.29) is 29.3 Å². The molecule has 230 valence electrons. The maximum Gasteiger partial charge on any atom is 0.264 e. The minimum atomic E-state index is -4.10. The van der Waals surface area contributed by atoms with E-state index in [1.165, 1.54) is 17.0 Å². The van der Waals surface area contributed by atoms with E-state index in [4.69, 9.17) is 4.74 Å². The van der Waals surface area contributed by atoms with Gasteiger partial charge < -0.3 is 15.0 Å². The number of nitrogens with one attached hydrogen (secondary N) is 1. The zero-order valence-electron chi connectivity index (χ0n) is 25.5. The molecule has 1 atom stereocenters. The van der Waals surface area contributed by atoms with Crippen LogP contribution in [0.25, 0.3) is 0 Å². The molecule has 3 aromatic carbocycles. The van der Waals surface area contributed by atoms with Crippen molar-refractivity contribution < 1.29 is 22.7 Å². The summed E-state index contributed by atoms with van der Waals surface area (Å²) < 4.78 is 34.4. The van der Waals surface area contributed by atoms with Gasteiger partial charge in [0, 0.05) is 12.6 Å². The van der Waals surface area contributed by atoms with Crippen LogP contribution in [0.4, 0.5) is 5.69 Å². The van der Waals surface area contributed by atoms with Gasteiger partial charge in [0.05, 0.1) is 17.7 Å². The van der Waals surface area contributed by atoms with Crippen molar-refractivity contribution in [2.24, 2.45) is 0 Å². The van der Waals surface area contributed by atoms with E-state index in [2.05, 4.69) is 19.2 Å². The molecule has 0 heterocycles. The number of carbonyl (C=O) groups is 2. The van der Waals surface area contributed by atoms with E-state index in [1.807, 2.05) is 31.2 Å². The molecule has 8 nitrogen and oxygen atoms in total. The molecule has 0 aliphatic heterocycles. The van der Waals surface area contributed by atoms with Crippen molar-refractivity contribution in [1.29, 1.82) is 0 Å². The molecule has 0 aromatic heterocycles. The molecular formula is C34H43N3O5S. The van der Waals surface area contributed by atoms with E-state index in [9.17, 15) is 18.0 Å². The molecule has 1 aliphatic carbocycles. The van der Waals surface area contributed by atoms with Crippen LogP contribution in [0, 0.1) is 0 Å². The summed E-state index contributed by atoms with van der Waals surface area (Å²) in [6.07, 6.45) is 4.36. The Morgan fingerprint density at radius 2 is 1.56 bits per heavy atom. The average Bonchev–Trinajstić information content (AvgIpc) is 3.53. The molecule has 2 amide bonds. The van der Waals surface area contributed by atoms with Crippen molar-refractivity contribution >= 4 is 27.5 Å². The Hall–Kier alpha value is -3.85. The monoisotopic (exact) mass is 605 g/mol. The largest absolute Gasteiger partial charge is 0.497 e. The first-order valence-corrected chi connectivity index (χ1v) is 16.5. The molecule has 4 rings (SSSR count). The summed E-state index contributed by atoms with van der Waals surface area (Å²) in [5.41, 5.74) is 2.25. The van der Waals surface area contributed by atoms with Crippen molar-refractivity contribution in [1.82, 2.24) is 10.2 Å². The molecule has 0 unspecified atom stereocenters. The average molecular weight is 606 g/mol. The van der Waals surface area contributed by atoms with E-state index < -0.39 is 28.5 Å². The van der Waals surface area contributed by atoms with Crippen molar-refractivity contribution in [3.05, 3.63) is 90.0 Å². The smallest absolute Gasteiger partial charge is 0.264 e. The molecule has 1 fully saturated rings. The van der Waals surface area contributed by atoms with Crippen molar-refractivity contribution in [2.45, 2.75) is 82.3 Å². The van der Waals surface area contributed by atoms with Gasteiger partial charge in [-0.1, -0.05) is 76.1 Å². The molecule has 0 radical (unpaired) electrons. The summed E-state index contributed by atoms with van der Waals surface area (Å²) in [6, 6.07) is 22.0. The Morgan fingerprint density at radius 1 is 0.930 bits per heavy atom. The SMILES string of the molecule is CC[C@H](C(=O)NC1CCCC1)N(Cc1ccc(OC)cc1)C(=O)CN(c1ccc(C(C)C)cc1)S(=O)(=O)c1ccccc1. The van der Waals surface area contributed by atoms with Gasteiger partial charge in [-0.3, -0.25) is 13.9 Å². The number of carbonyl (C=O) groups excluding carboxylic acids is 2. The molecule has 0 spiro atoms. The third-order valence-corrected chi connectivity index (χ3v) is 9.85. The van der Waals surface area contributed by atoms with Crippen molar-refractivity contribution in [3.8, 4) is 5.75 Å². The predicted molar refractivity (Wildman–Crippen MR) is 170 cm³/mol. The number of hydrogen-bond acceptors (Lipinski definition) is 5. The Kier molecular flexibility index (Phi) is 10.9. The molecule has 43 heavy (non-hydrogen) atoms. The zero-order valence-corrected chi connectivity index (χ0v) is 26.3. The van der Waals surface area contributed by atoms with Crippen LogP contribution >= 0.6 is 0 Å². The predicted octanol–water partition coefficient (Wildman–Crippen LogP) is 5.88. The first-order chi connectivity index (χ1) is 20.6. The normalized spacial score (nSPS) is 14.3. The van der Waals surface area contributed by atoms with Crippen LogP contribution in [0.15, 0.2) is 83.8 Å². The van der Waals surface area contributed by atoms with Crippen molar-refractivity contribution in [3.63, 3.8) is 0 Å². The second kappa shape index (κ2) is 14.6. The number of ether oxygens (including phenoxy) is 1. The van der Waals surface area contributed by atoms with Gasteiger partial charge in [-0.05, 0) is 72.7 Å². The number of hydrogen-bond donors (Lipinski definition) is 1. The van der Waals surface area contributed by atoms with Crippen LogP contribution in [0.5, 0.6) is 5.75 Å². The van der Waals surface area contributed by atoms with E-state index in [1.54, 1.807) is 49.6 Å². The quantitative estimate of drug-likeness (QED) is 0.263. The van der Waals surface area contributed by atoms with Crippen LogP contribution in [0.1, 0.15) is 69.9 Å². The van der Waals surface area contributed by atoms with Crippen LogP contribution in [-0.2, 0) is 26.2 Å². The molecule has 0 saturated heterocycles. The maximum absolute atomic E-state index is 14.3. The summed E-state index contributed by atoms with van der Waals surface area (Å²) >= 11 is 0. The van der Waals surface area contributed by atoms with Gasteiger partial charge in [-0.2, -0.15) is 0 Å². The minimum absolute atomic E-state index is 0.0865. The van der Waals surface area contributed by atoms with Gasteiger partial charge in [-0.15, -0.1) is 0 Å². The number of anilines is 1. The number of amides is 2. The Morgan fingerprint density at radius 3 is 2.12 bits per heavy atom. The summed E-state index contributed by atoms with van der Waals surface area (Å²) in [7, 11) is -2.52. The lowest BCUT2D eigenvalue weighted by molar-refractivity contribution is -0.140. The van der Waals surface area contributed by atoms with Gasteiger partial charge in [0.1, 0.15) is 18.3 Å². The fourth-order valence-corrected chi connectivity index (χ4v) is 6.92. The highest BCUT2D eigenvalue weighted by Gasteiger charge is 2.34. The Labute approximate surface area is 256 Å². The molecule has 1 saturated carbocycles. The maximum atomic E-state index is 14.3. The standard InChI is InChI=1S/C34H43N3O5S/c1-5-32(34(39)35-28-11-9-10-12-28)36(23-26-15-21-30(42-4)22-16-26)33(38)24-37(29-19-17-27(18-20-29)25(2)3)43(40,41)31-13-7-6-8-14-31/h6-8,13-22,25,28,32H,5,9-12,23-24H2,1-4H3,(H,35,39)/t32-/m1/s1. The number of benzene rings is 3. The van der Waals surface area contributed by atoms with E-state index in [0.29, 0.717) is 17.9 Å². The first-order valence-electron chi connectivity index (χ1n) is 15.0. The lowest BCUT2D eigenvalue weighted by Crippen LogP contribution is -2.53. The highest BCUT2D eigenvalue weighted by molar-refractivity contribution is 7.92. The molecule has 9 heteroatoms. The highest BCUT2D eigenvalue weighted by Crippen LogP contribution is 2.27. The highest BCUT2D eigenvalue weighted by atomic mass is 32.2. The topological polar surface area (TPSA) is 96.0 Å². The number of nitrogens with zero attached hydrogens (tertiary/aromatic N) is 2. The summed E-state index contributed by atoms with van der Waals surface area (Å²) in [4.78, 5) is 29.5. The van der Waals surface area contributed by atoms with Gasteiger partial charge in [0.25, 0.3) is 10.0 Å². The zero-order chi connectivity index (χ0) is 31.0. The van der Waals surface area contributed by atoms with Gasteiger partial charge in [-0.25, -0.2) is 8.42 Å². The first kappa shape index (κ1) is 32.1. The number of sulfonamides is 1. The lowest BCUT2D eigenvalue weighted by atomic mass is 10.0. The Balaban J connectivity index is 1.71. The lowest BCUT2D eigenvalue weighted by Gasteiger charge is -2.34. The molecule has 3 aromatic rings. The van der Waals surface area contributed by atoms with E-state index >= 15 is 0 Å². The third-order valence-electron chi connectivity index (χ3n) is 8.06. The van der Waals surface area contributed by atoms with Gasteiger partial charge in [0.2, 0.25) is 11.8 Å². The number of rotatable bonds is 13. The van der Waals surface area contributed by atoms with Crippen LogP contribution in [0.3, 0.4) is 0 Å². The van der Waals surface area contributed by atoms with Crippen LogP contribution in [-0.4, -0.2) is 50.9 Å². The second-order valence-electron chi connectivity index (χ2n) is 11.4. The molecular weight excluding hydrogens is 562 g/mol. The minimum Gasteiger partial charge on any atom is -0.497 e. The Bertz CT molecular complexity index is 1450. The fourth-order valence-electron chi connectivity index (χ4n) is 5.49. The molecule has 1 N–H and O–H groups in total. The summed E-state index contributed by atoms with van der Waals surface area (Å²) in [5.74, 6) is 0.267. The summed E-state index contributed by atoms with van der Waals surface area (Å²) in [6.45, 7) is 5.69. The van der Waals surface area contributed by atoms with Crippen LogP contribution in [0.2, 0.25) is 0 Å². The van der Waals surface area contributed by atoms with Crippen LogP contribution < -0.4 is 14.4 Å². The van der Waals surface area contributed by atoms with E-state index in [0.717, 1.165) is 41.1 Å². The molecule has 0 bridgehead atoms. The van der Waals surface area contributed by atoms with Crippen molar-refractivity contribution in [2.75, 3.05) is 18.0 Å². The van der Waals surface area contributed by atoms with Gasteiger partial charge >= 0.3 is 0 Å². The third kappa shape index (κ3) is 7.96.